The van der Waals surface area contributed by atoms with Crippen LogP contribution in [0.3, 0.4) is 0 Å². The summed E-state index contributed by atoms with van der Waals surface area (Å²) in [5.41, 5.74) is 4.51. The predicted octanol–water partition coefficient (Wildman–Crippen LogP) is 3.06. The maximum atomic E-state index is 12.4. The molecule has 0 atom stereocenters. The summed E-state index contributed by atoms with van der Waals surface area (Å²) in [5, 5.41) is 25.4. The fraction of sp³-hybridized carbons (Fsp3) is 0. The van der Waals surface area contributed by atoms with Crippen LogP contribution in [0.2, 0.25) is 0 Å². The van der Waals surface area contributed by atoms with Gasteiger partial charge in [0.2, 0.25) is 5.82 Å². The molecule has 0 saturated heterocycles. The number of aromatic amines is 2. The summed E-state index contributed by atoms with van der Waals surface area (Å²) in [6.45, 7) is 0. The van der Waals surface area contributed by atoms with Crippen LogP contribution in [-0.4, -0.2) is 41.7 Å². The number of anilines is 1. The molecule has 0 radical (unpaired) electrons. The molecule has 3 heterocycles. The van der Waals surface area contributed by atoms with Crippen molar-refractivity contribution in [3.63, 3.8) is 0 Å². The average molecular weight is 382 g/mol. The number of carbonyl (C=O) groups is 1. The van der Waals surface area contributed by atoms with Crippen LogP contribution in [0, 0.1) is 0 Å². The van der Waals surface area contributed by atoms with Gasteiger partial charge in [-0.1, -0.05) is 12.1 Å². The van der Waals surface area contributed by atoms with Crippen LogP contribution in [0.25, 0.3) is 33.5 Å². The lowest BCUT2D eigenvalue weighted by atomic mass is 10.0. The highest BCUT2D eigenvalue weighted by Crippen LogP contribution is 2.30. The predicted molar refractivity (Wildman–Crippen MR) is 107 cm³/mol. The van der Waals surface area contributed by atoms with Gasteiger partial charge < -0.3 is 5.32 Å². The number of aromatic nitrogens is 7. The fourth-order valence-corrected chi connectivity index (χ4v) is 3.10. The molecule has 2 aromatic carbocycles. The minimum Gasteiger partial charge on any atom is -0.322 e. The maximum absolute atomic E-state index is 12.4. The van der Waals surface area contributed by atoms with Crippen LogP contribution in [0.5, 0.6) is 0 Å². The minimum atomic E-state index is -0.221. The van der Waals surface area contributed by atoms with Crippen LogP contribution in [-0.2, 0) is 0 Å². The number of nitrogens with one attached hydrogen (secondary N) is 3. The molecule has 0 aliphatic carbocycles. The van der Waals surface area contributed by atoms with Gasteiger partial charge in [0.25, 0.3) is 5.91 Å². The van der Waals surface area contributed by atoms with E-state index in [9.17, 15) is 4.79 Å². The van der Waals surface area contributed by atoms with Crippen molar-refractivity contribution >= 4 is 22.5 Å². The number of rotatable bonds is 4. The quantitative estimate of drug-likeness (QED) is 0.439. The van der Waals surface area contributed by atoms with Gasteiger partial charge in [-0.05, 0) is 47.7 Å². The van der Waals surface area contributed by atoms with E-state index in [-0.39, 0.29) is 5.91 Å². The maximum Gasteiger partial charge on any atom is 0.257 e. The molecule has 9 heteroatoms. The highest BCUT2D eigenvalue weighted by Gasteiger charge is 2.13. The topological polar surface area (TPSA) is 125 Å². The molecule has 0 bridgehead atoms. The molecule has 1 amide bonds. The second kappa shape index (κ2) is 6.97. The number of fused-ring (bicyclic) bond motifs is 1. The summed E-state index contributed by atoms with van der Waals surface area (Å²) in [4.78, 5) is 16.4. The summed E-state index contributed by atoms with van der Waals surface area (Å²) in [7, 11) is 0. The Kier molecular flexibility index (Phi) is 4.02. The molecule has 0 fully saturated rings. The largest absolute Gasteiger partial charge is 0.322 e. The van der Waals surface area contributed by atoms with Crippen molar-refractivity contribution in [1.82, 2.24) is 35.8 Å². The second-order valence-electron chi connectivity index (χ2n) is 6.34. The minimum absolute atomic E-state index is 0.221. The monoisotopic (exact) mass is 382 g/mol. The first-order valence-corrected chi connectivity index (χ1v) is 8.82. The third-order valence-electron chi connectivity index (χ3n) is 4.48. The van der Waals surface area contributed by atoms with E-state index >= 15 is 0 Å². The number of hydrogen-bond donors (Lipinski definition) is 3. The molecular formula is C20H14N8O. The van der Waals surface area contributed by atoms with Crippen molar-refractivity contribution in [3.8, 4) is 22.6 Å². The Labute approximate surface area is 164 Å². The Hall–Kier alpha value is -4.40. The number of pyridine rings is 1. The van der Waals surface area contributed by atoms with Crippen LogP contribution in [0.15, 0.2) is 67.0 Å². The van der Waals surface area contributed by atoms with Gasteiger partial charge in [0.15, 0.2) is 0 Å². The lowest BCUT2D eigenvalue weighted by molar-refractivity contribution is 0.102. The molecule has 140 valence electrons. The molecule has 0 unspecified atom stereocenters. The smallest absolute Gasteiger partial charge is 0.257 e. The third kappa shape index (κ3) is 3.21. The van der Waals surface area contributed by atoms with E-state index in [1.165, 1.54) is 6.20 Å². The highest BCUT2D eigenvalue weighted by atomic mass is 16.1. The molecule has 3 aromatic heterocycles. The Morgan fingerprint density at radius 3 is 2.76 bits per heavy atom. The number of benzene rings is 2. The van der Waals surface area contributed by atoms with Crippen molar-refractivity contribution in [2.45, 2.75) is 0 Å². The summed E-state index contributed by atoms with van der Waals surface area (Å²) in [6.07, 6.45) is 3.16. The van der Waals surface area contributed by atoms with Gasteiger partial charge in [-0.15, -0.1) is 10.2 Å². The number of carbonyl (C=O) groups excluding carboxylic acids is 1. The second-order valence-corrected chi connectivity index (χ2v) is 6.34. The molecule has 0 spiro atoms. The first-order chi connectivity index (χ1) is 14.3. The zero-order valence-corrected chi connectivity index (χ0v) is 15.0. The van der Waals surface area contributed by atoms with Crippen LogP contribution in [0.4, 0.5) is 5.69 Å². The van der Waals surface area contributed by atoms with Crippen LogP contribution < -0.4 is 5.32 Å². The van der Waals surface area contributed by atoms with Gasteiger partial charge in [-0.25, -0.2) is 0 Å². The molecular weight excluding hydrogens is 368 g/mol. The SMILES string of the molecule is O=C(Nc1cccc(-c2n[nH]c3ccc(-c4nn[nH]n4)cc23)c1)c1cccnc1. The zero-order valence-electron chi connectivity index (χ0n) is 15.0. The Bertz CT molecular complexity index is 1290. The molecule has 0 aliphatic heterocycles. The van der Waals surface area contributed by atoms with Gasteiger partial charge in [-0.3, -0.25) is 14.9 Å². The van der Waals surface area contributed by atoms with Gasteiger partial charge in [0.05, 0.1) is 16.8 Å². The van der Waals surface area contributed by atoms with Crippen molar-refractivity contribution in [2.24, 2.45) is 0 Å². The van der Waals surface area contributed by atoms with E-state index in [1.807, 2.05) is 42.5 Å². The highest BCUT2D eigenvalue weighted by molar-refractivity contribution is 6.04. The van der Waals surface area contributed by atoms with E-state index in [0.717, 1.165) is 27.7 Å². The molecule has 0 saturated carbocycles. The Morgan fingerprint density at radius 1 is 0.966 bits per heavy atom. The molecule has 29 heavy (non-hydrogen) atoms. The number of nitrogens with zero attached hydrogens (tertiary/aromatic N) is 5. The molecule has 5 rings (SSSR count). The molecule has 3 N–H and O–H groups in total. The summed E-state index contributed by atoms with van der Waals surface area (Å²) in [5.74, 6) is 0.290. The zero-order chi connectivity index (χ0) is 19.6. The number of tetrazole rings is 1. The normalized spacial score (nSPS) is 10.9. The van der Waals surface area contributed by atoms with Gasteiger partial charge in [-0.2, -0.15) is 10.3 Å². The average Bonchev–Trinajstić information content (AvgIpc) is 3.44. The first kappa shape index (κ1) is 16.8. The van der Waals surface area contributed by atoms with Crippen molar-refractivity contribution in [2.75, 3.05) is 5.32 Å². The summed E-state index contributed by atoms with van der Waals surface area (Å²) >= 11 is 0. The fourth-order valence-electron chi connectivity index (χ4n) is 3.10. The van der Waals surface area contributed by atoms with E-state index in [4.69, 9.17) is 0 Å². The number of hydrogen-bond acceptors (Lipinski definition) is 6. The van der Waals surface area contributed by atoms with Gasteiger partial charge in [0.1, 0.15) is 0 Å². The van der Waals surface area contributed by atoms with Crippen LogP contribution in [0.1, 0.15) is 10.4 Å². The molecule has 5 aromatic rings. The van der Waals surface area contributed by atoms with Crippen LogP contribution >= 0.6 is 0 Å². The van der Waals surface area contributed by atoms with Gasteiger partial charge >= 0.3 is 0 Å². The van der Waals surface area contributed by atoms with E-state index in [1.54, 1.807) is 18.3 Å². The van der Waals surface area contributed by atoms with Crippen molar-refractivity contribution < 1.29 is 4.79 Å². The Morgan fingerprint density at radius 2 is 1.93 bits per heavy atom. The first-order valence-electron chi connectivity index (χ1n) is 8.82. The third-order valence-corrected chi connectivity index (χ3v) is 4.48. The van der Waals surface area contributed by atoms with Gasteiger partial charge in [0, 0.05) is 34.6 Å². The van der Waals surface area contributed by atoms with E-state index in [0.29, 0.717) is 17.1 Å². The Balaban J connectivity index is 1.50. The van der Waals surface area contributed by atoms with E-state index < -0.39 is 0 Å². The lowest BCUT2D eigenvalue weighted by Crippen LogP contribution is -2.11. The summed E-state index contributed by atoms with van der Waals surface area (Å²) < 4.78 is 0. The standard InChI is InChI=1S/C20H14N8O/c29-20(14-4-2-8-21-11-14)22-15-5-1-3-12(9-15)18-16-10-13(19-25-27-28-26-19)6-7-17(16)23-24-18/h1-11H,(H,22,29)(H,23,24)(H,25,26,27,28). The van der Waals surface area contributed by atoms with E-state index in [2.05, 4.69) is 41.1 Å². The molecule has 9 nitrogen and oxygen atoms in total. The number of amides is 1. The van der Waals surface area contributed by atoms with Crippen molar-refractivity contribution in [1.29, 1.82) is 0 Å². The molecule has 0 aliphatic rings. The lowest BCUT2D eigenvalue weighted by Gasteiger charge is -2.07. The number of H-pyrrole nitrogens is 2. The summed E-state index contributed by atoms with van der Waals surface area (Å²) in [6, 6.07) is 16.7. The van der Waals surface area contributed by atoms with Crippen molar-refractivity contribution in [3.05, 3.63) is 72.6 Å².